The SMILES string of the molecule is C=C(C(=O)c1ccccc1O)[c-]1cccc1.[Fe].[cH-]1[cH-][cH-][cH-][cH-]1. The summed E-state index contributed by atoms with van der Waals surface area (Å²) in [4.78, 5) is 12.0. The summed E-state index contributed by atoms with van der Waals surface area (Å²) in [6, 6.07) is 23.8. The Bertz CT molecular complexity index is 678. The summed E-state index contributed by atoms with van der Waals surface area (Å²) in [6.07, 6.45) is 0. The van der Waals surface area contributed by atoms with E-state index in [1.807, 2.05) is 54.6 Å². The molecule has 0 unspecified atom stereocenters. The van der Waals surface area contributed by atoms with E-state index in [4.69, 9.17) is 0 Å². The summed E-state index contributed by atoms with van der Waals surface area (Å²) < 4.78 is 0. The standard InChI is InChI=1S/C14H11O2.C5H5.Fe/c1-10(11-6-2-3-7-11)14(16)12-8-4-5-9-13(12)15;1-2-4-5-3-1;/h2-9,15H,1H2;1-5H;/q-1;-5;. The maximum absolute atomic E-state index is 12.0. The molecule has 0 atom stereocenters. The maximum Gasteiger partial charge on any atom is 0.129 e. The first-order chi connectivity index (χ1) is 10.2. The van der Waals surface area contributed by atoms with Crippen LogP contribution in [0.15, 0.2) is 85.4 Å². The molecule has 0 fully saturated rings. The number of para-hydroxylation sites is 1. The van der Waals surface area contributed by atoms with Crippen molar-refractivity contribution in [2.75, 3.05) is 0 Å². The van der Waals surface area contributed by atoms with E-state index in [0.29, 0.717) is 5.57 Å². The molecule has 0 spiro atoms. The van der Waals surface area contributed by atoms with Crippen LogP contribution < -0.4 is 0 Å². The van der Waals surface area contributed by atoms with E-state index in [-0.39, 0.29) is 34.2 Å². The van der Waals surface area contributed by atoms with Crippen molar-refractivity contribution in [2.24, 2.45) is 0 Å². The van der Waals surface area contributed by atoms with Crippen molar-refractivity contribution >= 4 is 11.4 Å². The number of aromatic hydroxyl groups is 1. The van der Waals surface area contributed by atoms with Crippen molar-refractivity contribution in [3.8, 4) is 5.75 Å². The fourth-order valence-corrected chi connectivity index (χ4v) is 1.86. The van der Waals surface area contributed by atoms with Gasteiger partial charge in [-0.3, -0.25) is 0 Å². The van der Waals surface area contributed by atoms with Gasteiger partial charge in [-0.1, -0.05) is 29.3 Å². The van der Waals surface area contributed by atoms with E-state index in [9.17, 15) is 9.90 Å². The number of benzene rings is 1. The van der Waals surface area contributed by atoms with Crippen LogP contribution in [0.4, 0.5) is 0 Å². The van der Waals surface area contributed by atoms with Crippen LogP contribution in [0, 0.1) is 0 Å². The van der Waals surface area contributed by atoms with Gasteiger partial charge in [0.15, 0.2) is 0 Å². The molecular weight excluding hydrogens is 316 g/mol. The molecule has 0 saturated carbocycles. The zero-order chi connectivity index (χ0) is 15.1. The van der Waals surface area contributed by atoms with Crippen molar-refractivity contribution in [1.29, 1.82) is 0 Å². The molecule has 118 valence electrons. The summed E-state index contributed by atoms with van der Waals surface area (Å²) in [6.45, 7) is 3.75. The average Bonchev–Trinajstić information content (AvgIpc) is 3.21. The van der Waals surface area contributed by atoms with Crippen LogP contribution in [-0.2, 0) is 17.1 Å². The zero-order valence-electron chi connectivity index (χ0n) is 11.9. The summed E-state index contributed by atoms with van der Waals surface area (Å²) in [5.41, 5.74) is 1.47. The van der Waals surface area contributed by atoms with Gasteiger partial charge in [0.2, 0.25) is 0 Å². The minimum atomic E-state index is -0.246. The molecule has 3 aromatic rings. The number of hydrogen-bond donors (Lipinski definition) is 1. The Balaban J connectivity index is 0.000000344. The first kappa shape index (κ1) is 17.7. The van der Waals surface area contributed by atoms with E-state index in [1.165, 1.54) is 6.07 Å². The molecule has 0 amide bonds. The Kier molecular flexibility index (Phi) is 7.10. The molecule has 0 aromatic heterocycles. The van der Waals surface area contributed by atoms with Crippen molar-refractivity contribution in [3.63, 3.8) is 0 Å². The molecule has 0 heterocycles. The van der Waals surface area contributed by atoms with Gasteiger partial charge >= 0.3 is 0 Å². The molecule has 22 heavy (non-hydrogen) atoms. The Morgan fingerprint density at radius 2 is 1.45 bits per heavy atom. The molecule has 3 heteroatoms. The first-order valence-electron chi connectivity index (χ1n) is 6.60. The van der Waals surface area contributed by atoms with Gasteiger partial charge in [-0.05, 0) is 6.07 Å². The molecular formula is C19H16FeO2-6. The van der Waals surface area contributed by atoms with E-state index in [1.54, 1.807) is 18.2 Å². The molecule has 2 nitrogen and oxygen atoms in total. The van der Waals surface area contributed by atoms with Crippen LogP contribution in [0.3, 0.4) is 0 Å². The third kappa shape index (κ3) is 4.59. The third-order valence-electron chi connectivity index (χ3n) is 2.99. The average molecular weight is 332 g/mol. The fraction of sp³-hybridized carbons (Fsp3) is 0. The Morgan fingerprint density at radius 3 is 1.95 bits per heavy atom. The molecule has 0 aliphatic rings. The maximum atomic E-state index is 12.0. The van der Waals surface area contributed by atoms with Crippen LogP contribution in [0.5, 0.6) is 5.75 Å². The summed E-state index contributed by atoms with van der Waals surface area (Å²) in [5.74, 6) is -0.260. The predicted molar refractivity (Wildman–Crippen MR) is 85.5 cm³/mol. The monoisotopic (exact) mass is 332 g/mol. The first-order valence-corrected chi connectivity index (χ1v) is 6.60. The van der Waals surface area contributed by atoms with Gasteiger partial charge in [0.25, 0.3) is 0 Å². The number of allylic oxidation sites excluding steroid dienone is 1. The Hall–Kier alpha value is -2.35. The van der Waals surface area contributed by atoms with Crippen LogP contribution in [-0.4, -0.2) is 10.9 Å². The number of phenols is 1. The number of ketones is 1. The molecule has 0 aliphatic carbocycles. The second kappa shape index (κ2) is 8.83. The number of phenolic OH excluding ortho intramolecular Hbond substituents is 1. The molecule has 0 saturated heterocycles. The minimum Gasteiger partial charge on any atom is -0.748 e. The van der Waals surface area contributed by atoms with Gasteiger partial charge in [-0.15, -0.1) is 12.1 Å². The second-order valence-electron chi connectivity index (χ2n) is 4.46. The van der Waals surface area contributed by atoms with Crippen molar-refractivity contribution in [1.82, 2.24) is 0 Å². The molecule has 0 bridgehead atoms. The third-order valence-corrected chi connectivity index (χ3v) is 2.99. The Labute approximate surface area is 140 Å². The van der Waals surface area contributed by atoms with Gasteiger partial charge in [0, 0.05) is 22.6 Å². The quantitative estimate of drug-likeness (QED) is 0.334. The molecule has 0 aliphatic heterocycles. The second-order valence-corrected chi connectivity index (χ2v) is 4.46. The number of carbonyl (C=O) groups is 1. The van der Waals surface area contributed by atoms with Gasteiger partial charge in [-0.2, -0.15) is 18.7 Å². The minimum absolute atomic E-state index is 0. The van der Waals surface area contributed by atoms with Crippen molar-refractivity contribution < 1.29 is 27.0 Å². The fourth-order valence-electron chi connectivity index (χ4n) is 1.86. The topological polar surface area (TPSA) is 37.3 Å². The Morgan fingerprint density at radius 1 is 0.955 bits per heavy atom. The number of hydrogen-bond acceptors (Lipinski definition) is 2. The van der Waals surface area contributed by atoms with Gasteiger partial charge in [0.1, 0.15) is 11.5 Å². The van der Waals surface area contributed by atoms with Gasteiger partial charge in [0.05, 0.1) is 0 Å². The molecule has 1 N–H and O–H groups in total. The van der Waals surface area contributed by atoms with Crippen molar-refractivity contribution in [2.45, 2.75) is 0 Å². The molecule has 3 aromatic carbocycles. The van der Waals surface area contributed by atoms with E-state index in [2.05, 4.69) is 6.58 Å². The predicted octanol–water partition coefficient (Wildman–Crippen LogP) is 4.41. The summed E-state index contributed by atoms with van der Waals surface area (Å²) in [7, 11) is 0. The van der Waals surface area contributed by atoms with Crippen LogP contribution in [0.1, 0.15) is 15.9 Å². The van der Waals surface area contributed by atoms with E-state index in [0.717, 1.165) is 5.56 Å². The smallest absolute Gasteiger partial charge is 0.129 e. The summed E-state index contributed by atoms with van der Waals surface area (Å²) in [5, 5.41) is 9.57. The number of rotatable bonds is 3. The molecule has 0 radical (unpaired) electrons. The summed E-state index contributed by atoms with van der Waals surface area (Å²) >= 11 is 0. The zero-order valence-corrected chi connectivity index (χ0v) is 13.0. The van der Waals surface area contributed by atoms with Crippen molar-refractivity contribution in [3.05, 3.63) is 96.6 Å². The van der Waals surface area contributed by atoms with Gasteiger partial charge < -0.3 is 40.2 Å². The number of carbonyl (C=O) groups excluding carboxylic acids is 1. The van der Waals surface area contributed by atoms with Crippen LogP contribution in [0.2, 0.25) is 0 Å². The number of Topliss-reactive ketones (excluding diaryl/α,β-unsaturated/α-hetero) is 1. The largest absolute Gasteiger partial charge is 0.748 e. The normalized spacial score (nSPS) is 9.09. The van der Waals surface area contributed by atoms with Crippen LogP contribution >= 0.6 is 0 Å². The van der Waals surface area contributed by atoms with E-state index >= 15 is 0 Å². The van der Waals surface area contributed by atoms with E-state index < -0.39 is 0 Å². The van der Waals surface area contributed by atoms with Crippen LogP contribution in [0.25, 0.3) is 5.57 Å². The molecule has 3 rings (SSSR count). The van der Waals surface area contributed by atoms with Gasteiger partial charge in [-0.25, -0.2) is 0 Å².